The minimum atomic E-state index is -4.22. The second-order valence-electron chi connectivity index (χ2n) is 9.89. The van der Waals surface area contributed by atoms with Crippen molar-refractivity contribution in [3.05, 3.63) is 35.4 Å². The van der Waals surface area contributed by atoms with Crippen molar-refractivity contribution in [2.75, 3.05) is 67.8 Å². The molecule has 48 heavy (non-hydrogen) atoms. The van der Waals surface area contributed by atoms with Crippen molar-refractivity contribution in [2.45, 2.75) is 31.5 Å². The van der Waals surface area contributed by atoms with Crippen LogP contribution in [0.1, 0.15) is 28.8 Å². The number of hydrogen-bond donors (Lipinski definition) is 5. The Bertz CT molecular complexity index is 1320. The highest BCUT2D eigenvalue weighted by atomic mass is 35.5. The summed E-state index contributed by atoms with van der Waals surface area (Å²) >= 11 is 23.6. The summed E-state index contributed by atoms with van der Waals surface area (Å²) in [4.78, 5) is 48.3. The number of nitrogens with zero attached hydrogens (tertiary/aromatic N) is 2. The largest absolute Gasteiger partial charge is 0.480 e. The second-order valence-corrected chi connectivity index (χ2v) is 16.0. The summed E-state index contributed by atoms with van der Waals surface area (Å²) in [7, 11) is -8.16. The molecule has 2 atom stereocenters. The highest BCUT2D eigenvalue weighted by molar-refractivity contribution is 7.91. The number of aliphatic carboxylic acids is 1. The van der Waals surface area contributed by atoms with Crippen LogP contribution >= 0.6 is 66.5 Å². The van der Waals surface area contributed by atoms with Crippen LogP contribution in [0.15, 0.2) is 24.3 Å². The van der Waals surface area contributed by atoms with Gasteiger partial charge in [0.1, 0.15) is 12.1 Å². The number of hydrogen-bond acceptors (Lipinski definition) is 9. The Labute approximate surface area is 306 Å². The maximum atomic E-state index is 14.2. The third-order valence-electron chi connectivity index (χ3n) is 6.51. The van der Waals surface area contributed by atoms with E-state index in [1.54, 1.807) is 6.07 Å². The summed E-state index contributed by atoms with van der Waals surface area (Å²) in [6, 6.07) is 2.76. The number of sulfone groups is 1. The van der Waals surface area contributed by atoms with Gasteiger partial charge in [-0.05, 0) is 18.1 Å². The van der Waals surface area contributed by atoms with Crippen LogP contribution in [0.25, 0.3) is 0 Å². The molecule has 276 valence electrons. The van der Waals surface area contributed by atoms with Gasteiger partial charge in [-0.25, -0.2) is 22.6 Å². The Morgan fingerprint density at radius 1 is 0.938 bits per heavy atom. The third kappa shape index (κ3) is 16.1. The standard InChI is InChI=1S/C26H40Cl4N5O10PS.ClH/c27-7-11-34(12-8-28)46(42,35(13-9-29)14-10-30)45-15-16-47(43,44)18-22(33-23(36)6-5-21(31)26(40)41)24(37)32-17-19-3-1-2-4-20(19)25(38)39;/h1-4,21-22H,5-18,31H2,(H,32,37)(H,33,36)(H,38,39)(H,40,41);1H/t21-,22-;/m0./s1. The van der Waals surface area contributed by atoms with Crippen molar-refractivity contribution >= 4 is 100 Å². The van der Waals surface area contributed by atoms with E-state index in [4.69, 9.17) is 61.8 Å². The molecular formula is C26H41Cl5N5O10PS. The molecule has 0 aliphatic heterocycles. The van der Waals surface area contributed by atoms with E-state index in [0.717, 1.165) is 0 Å². The van der Waals surface area contributed by atoms with Crippen LogP contribution in [0.3, 0.4) is 0 Å². The molecular weight excluding hydrogens is 783 g/mol. The van der Waals surface area contributed by atoms with E-state index in [9.17, 15) is 37.3 Å². The fourth-order valence-corrected chi connectivity index (χ4v) is 9.21. The molecule has 6 N–H and O–H groups in total. The lowest BCUT2D eigenvalue weighted by molar-refractivity contribution is -0.138. The first-order valence-electron chi connectivity index (χ1n) is 14.2. The Morgan fingerprint density at radius 3 is 1.94 bits per heavy atom. The predicted octanol–water partition coefficient (Wildman–Crippen LogP) is 2.20. The van der Waals surface area contributed by atoms with Crippen LogP contribution < -0.4 is 16.4 Å². The average molecular weight is 824 g/mol. The topological polar surface area (TPSA) is 226 Å². The normalized spacial score (nSPS) is 13.1. The number of nitrogens with two attached hydrogens (primary N) is 1. The van der Waals surface area contributed by atoms with E-state index in [0.29, 0.717) is 0 Å². The lowest BCUT2D eigenvalue weighted by Gasteiger charge is -2.37. The summed E-state index contributed by atoms with van der Waals surface area (Å²) in [6.45, 7) is -0.551. The molecule has 0 aliphatic carbocycles. The molecule has 0 spiro atoms. The van der Waals surface area contributed by atoms with Crippen molar-refractivity contribution in [3.63, 3.8) is 0 Å². The zero-order chi connectivity index (χ0) is 35.6. The van der Waals surface area contributed by atoms with Gasteiger partial charge in [0.2, 0.25) is 11.8 Å². The van der Waals surface area contributed by atoms with Crippen LogP contribution in [-0.2, 0) is 39.9 Å². The summed E-state index contributed by atoms with van der Waals surface area (Å²) in [6.07, 6.45) is -0.723. The molecule has 0 aliphatic rings. The first-order chi connectivity index (χ1) is 22.1. The Kier molecular flexibility index (Phi) is 23.2. The third-order valence-corrected chi connectivity index (χ3v) is 11.6. The molecule has 15 nitrogen and oxygen atoms in total. The summed E-state index contributed by atoms with van der Waals surface area (Å²) in [5, 5.41) is 23.1. The molecule has 22 heteroatoms. The Morgan fingerprint density at radius 2 is 1.46 bits per heavy atom. The lowest BCUT2D eigenvalue weighted by atomic mass is 10.1. The molecule has 0 saturated carbocycles. The average Bonchev–Trinajstić information content (AvgIpc) is 3.01. The number of carbonyl (C=O) groups excluding carboxylic acids is 2. The maximum absolute atomic E-state index is 14.2. The minimum Gasteiger partial charge on any atom is -0.480 e. The Hall–Kier alpha value is -1.43. The van der Waals surface area contributed by atoms with E-state index in [1.165, 1.54) is 27.5 Å². The van der Waals surface area contributed by atoms with Crippen molar-refractivity contribution in [1.29, 1.82) is 0 Å². The van der Waals surface area contributed by atoms with Gasteiger partial charge in [-0.15, -0.1) is 58.8 Å². The van der Waals surface area contributed by atoms with Gasteiger partial charge < -0.3 is 31.1 Å². The number of carboxylic acid groups (broad SMARTS) is 2. The maximum Gasteiger partial charge on any atom is 0.346 e. The summed E-state index contributed by atoms with van der Waals surface area (Å²) in [5.41, 5.74) is 5.56. The van der Waals surface area contributed by atoms with Gasteiger partial charge in [-0.2, -0.15) is 0 Å². The molecule has 1 aromatic carbocycles. The van der Waals surface area contributed by atoms with Crippen molar-refractivity contribution in [2.24, 2.45) is 5.73 Å². The molecule has 0 fully saturated rings. The van der Waals surface area contributed by atoms with E-state index in [1.807, 2.05) is 0 Å². The monoisotopic (exact) mass is 821 g/mol. The molecule has 0 heterocycles. The summed E-state index contributed by atoms with van der Waals surface area (Å²) < 4.78 is 49.2. The van der Waals surface area contributed by atoms with Gasteiger partial charge in [0.25, 0.3) is 0 Å². The number of amides is 2. The fraction of sp³-hybridized carbons (Fsp3) is 0.615. The number of alkyl halides is 4. The molecule has 0 aromatic heterocycles. The van der Waals surface area contributed by atoms with E-state index in [2.05, 4.69) is 10.6 Å². The van der Waals surface area contributed by atoms with Crippen LogP contribution in [0.5, 0.6) is 0 Å². The quantitative estimate of drug-likeness (QED) is 0.0706. The number of aromatic carboxylic acids is 1. The van der Waals surface area contributed by atoms with Gasteiger partial charge >= 0.3 is 19.6 Å². The Balaban J connectivity index is 0.0000221. The van der Waals surface area contributed by atoms with Crippen molar-refractivity contribution in [3.8, 4) is 0 Å². The van der Waals surface area contributed by atoms with Gasteiger partial charge in [0.05, 0.1) is 23.7 Å². The lowest BCUT2D eigenvalue weighted by Crippen LogP contribution is -2.51. The molecule has 0 bridgehead atoms. The molecule has 0 radical (unpaired) electrons. The molecule has 1 rings (SSSR count). The van der Waals surface area contributed by atoms with Gasteiger partial charge in [0, 0.05) is 62.7 Å². The van der Waals surface area contributed by atoms with Crippen molar-refractivity contribution in [1.82, 2.24) is 20.0 Å². The predicted molar refractivity (Wildman–Crippen MR) is 188 cm³/mol. The zero-order valence-electron chi connectivity index (χ0n) is 25.8. The van der Waals surface area contributed by atoms with E-state index >= 15 is 0 Å². The zero-order valence-corrected chi connectivity index (χ0v) is 31.3. The molecule has 0 unspecified atom stereocenters. The molecule has 0 saturated heterocycles. The van der Waals surface area contributed by atoms with Gasteiger partial charge in [0.15, 0.2) is 9.84 Å². The molecule has 2 amide bonds. The number of rotatable bonds is 25. The first-order valence-corrected chi connectivity index (χ1v) is 19.7. The minimum absolute atomic E-state index is 0. The number of carboxylic acids is 2. The first kappa shape index (κ1) is 46.6. The molecule has 1 aromatic rings. The highest BCUT2D eigenvalue weighted by Gasteiger charge is 2.38. The SMILES string of the molecule is Cl.N[C@@H](CCC(=O)N[C@@H](CS(=O)(=O)CCOP(=O)(N(CCCl)CCCl)N(CCCl)CCCl)C(=O)NCc1ccccc1C(=O)O)C(=O)O. The smallest absolute Gasteiger partial charge is 0.346 e. The highest BCUT2D eigenvalue weighted by Crippen LogP contribution is 2.54. The summed E-state index contributed by atoms with van der Waals surface area (Å²) in [5.74, 6) is -5.83. The number of halogens is 5. The fourth-order valence-electron chi connectivity index (χ4n) is 4.13. The van der Waals surface area contributed by atoms with Crippen LogP contribution in [0.2, 0.25) is 0 Å². The van der Waals surface area contributed by atoms with E-state index < -0.39 is 77.9 Å². The number of carbonyl (C=O) groups is 4. The van der Waals surface area contributed by atoms with E-state index in [-0.39, 0.29) is 86.2 Å². The van der Waals surface area contributed by atoms with Crippen LogP contribution in [0, 0.1) is 0 Å². The van der Waals surface area contributed by atoms with Gasteiger partial charge in [-0.1, -0.05) is 18.2 Å². The van der Waals surface area contributed by atoms with Crippen molar-refractivity contribution < 1.29 is 46.9 Å². The second kappa shape index (κ2) is 23.9. The van der Waals surface area contributed by atoms with Crippen LogP contribution in [-0.4, -0.2) is 132 Å². The number of nitrogens with one attached hydrogen (secondary N) is 2. The van der Waals surface area contributed by atoms with Crippen LogP contribution in [0.4, 0.5) is 0 Å². The number of benzene rings is 1. The van der Waals surface area contributed by atoms with Gasteiger partial charge in [-0.3, -0.25) is 18.9 Å².